The topological polar surface area (TPSA) is 74.4 Å². The molecule has 0 saturated heterocycles. The fourth-order valence-electron chi connectivity index (χ4n) is 2.13. The van der Waals surface area contributed by atoms with Crippen LogP contribution in [0.5, 0.6) is 5.75 Å². The summed E-state index contributed by atoms with van der Waals surface area (Å²) in [7, 11) is 0. The Kier molecular flexibility index (Phi) is 5.62. The summed E-state index contributed by atoms with van der Waals surface area (Å²) in [6, 6.07) is 1.71. The molecule has 0 aliphatic carbocycles. The number of hydrogen-bond acceptors (Lipinski definition) is 4. The molecule has 20 heavy (non-hydrogen) atoms. The molecule has 1 aromatic heterocycles. The number of carbonyl (C=O) groups excluding carboxylic acids is 1. The largest absolute Gasteiger partial charge is 0.488 e. The number of halogens is 1. The Bertz CT molecular complexity index is 479. The molecular weight excluding hydrogens is 280 g/mol. The van der Waals surface area contributed by atoms with Gasteiger partial charge in [0.1, 0.15) is 23.1 Å². The van der Waals surface area contributed by atoms with E-state index >= 15 is 0 Å². The van der Waals surface area contributed by atoms with Crippen molar-refractivity contribution in [3.05, 3.63) is 23.0 Å². The first-order chi connectivity index (χ1) is 9.22. The van der Waals surface area contributed by atoms with E-state index in [-0.39, 0.29) is 6.61 Å². The molecule has 6 heteroatoms. The summed E-state index contributed by atoms with van der Waals surface area (Å²) in [5.41, 5.74) is 5.23. The first kappa shape index (κ1) is 16.6. The molecule has 0 saturated carbocycles. The number of ether oxygens (including phenoxy) is 2. The van der Waals surface area contributed by atoms with Crippen molar-refractivity contribution in [3.63, 3.8) is 0 Å². The maximum atomic E-state index is 11.0. The van der Waals surface area contributed by atoms with Gasteiger partial charge in [-0.05, 0) is 37.8 Å². The molecule has 0 unspecified atom stereocenters. The van der Waals surface area contributed by atoms with Gasteiger partial charge in [-0.1, -0.05) is 25.4 Å². The van der Waals surface area contributed by atoms with Gasteiger partial charge in [0.05, 0.1) is 6.20 Å². The highest BCUT2D eigenvalue weighted by Crippen LogP contribution is 2.25. The van der Waals surface area contributed by atoms with Gasteiger partial charge in [0.25, 0.3) is 0 Å². The Hall–Kier alpha value is -1.49. The summed E-state index contributed by atoms with van der Waals surface area (Å²) in [6.07, 6.45) is 1.40. The van der Waals surface area contributed by atoms with Crippen LogP contribution >= 0.6 is 11.6 Å². The van der Waals surface area contributed by atoms with E-state index in [0.29, 0.717) is 23.2 Å². The van der Waals surface area contributed by atoms with Crippen LogP contribution in [0.2, 0.25) is 5.15 Å². The third-order valence-electron chi connectivity index (χ3n) is 2.75. The number of primary amides is 1. The number of amides is 1. The van der Waals surface area contributed by atoms with Gasteiger partial charge in [0.2, 0.25) is 0 Å². The number of pyridine rings is 1. The quantitative estimate of drug-likeness (QED) is 0.818. The van der Waals surface area contributed by atoms with Crippen molar-refractivity contribution in [2.45, 2.75) is 39.7 Å². The third-order valence-corrected chi connectivity index (χ3v) is 2.96. The maximum absolute atomic E-state index is 11.0. The lowest BCUT2D eigenvalue weighted by molar-refractivity contribution is -0.0188. The van der Waals surface area contributed by atoms with Gasteiger partial charge in [-0.3, -0.25) is 0 Å². The summed E-state index contributed by atoms with van der Waals surface area (Å²) >= 11 is 5.79. The summed E-state index contributed by atoms with van der Waals surface area (Å²) in [6.45, 7) is 7.96. The summed E-state index contributed by atoms with van der Waals surface area (Å²) in [5, 5.41) is 0.410. The molecule has 0 aromatic carbocycles. The van der Waals surface area contributed by atoms with Crippen molar-refractivity contribution in [2.24, 2.45) is 11.7 Å². The first-order valence-corrected chi connectivity index (χ1v) is 6.83. The molecule has 0 bridgehead atoms. The van der Waals surface area contributed by atoms with Crippen molar-refractivity contribution in [1.82, 2.24) is 4.98 Å². The van der Waals surface area contributed by atoms with Crippen LogP contribution in [0.1, 0.15) is 32.8 Å². The Morgan fingerprint density at radius 1 is 1.55 bits per heavy atom. The van der Waals surface area contributed by atoms with E-state index in [0.717, 1.165) is 5.56 Å². The van der Waals surface area contributed by atoms with Crippen LogP contribution in [0.3, 0.4) is 0 Å². The molecule has 1 amide bonds. The minimum Gasteiger partial charge on any atom is -0.488 e. The monoisotopic (exact) mass is 300 g/mol. The van der Waals surface area contributed by atoms with Crippen LogP contribution in [0.4, 0.5) is 4.79 Å². The van der Waals surface area contributed by atoms with Gasteiger partial charge in [-0.25, -0.2) is 9.78 Å². The van der Waals surface area contributed by atoms with Crippen LogP contribution in [-0.2, 0) is 4.74 Å². The molecule has 0 radical (unpaired) electrons. The standard InChI is InChI=1S/C14H21ClN2O3/c1-9(2)6-14(4,20-13(16)18)8-19-11-7-17-12(15)5-10(11)3/h5,7,9H,6,8H2,1-4H3,(H2,16,18)/t14-/m0/s1. The zero-order valence-corrected chi connectivity index (χ0v) is 13.0. The van der Waals surface area contributed by atoms with Crippen molar-refractivity contribution >= 4 is 17.7 Å². The lowest BCUT2D eigenvalue weighted by Gasteiger charge is -2.30. The highest BCUT2D eigenvalue weighted by molar-refractivity contribution is 6.29. The first-order valence-electron chi connectivity index (χ1n) is 6.45. The number of aryl methyl sites for hydroxylation is 1. The zero-order valence-electron chi connectivity index (χ0n) is 12.3. The van der Waals surface area contributed by atoms with Crippen LogP contribution < -0.4 is 10.5 Å². The van der Waals surface area contributed by atoms with E-state index in [1.807, 2.05) is 20.8 Å². The fourth-order valence-corrected chi connectivity index (χ4v) is 2.34. The number of nitrogens with zero attached hydrogens (tertiary/aromatic N) is 1. The Labute approximate surface area is 124 Å². The van der Waals surface area contributed by atoms with Gasteiger partial charge < -0.3 is 15.2 Å². The Morgan fingerprint density at radius 2 is 2.20 bits per heavy atom. The van der Waals surface area contributed by atoms with Gasteiger partial charge in [0, 0.05) is 0 Å². The van der Waals surface area contributed by atoms with Crippen LogP contribution in [-0.4, -0.2) is 23.3 Å². The van der Waals surface area contributed by atoms with Crippen molar-refractivity contribution < 1.29 is 14.3 Å². The number of aromatic nitrogens is 1. The number of rotatable bonds is 6. The fraction of sp³-hybridized carbons (Fsp3) is 0.571. The van der Waals surface area contributed by atoms with Crippen molar-refractivity contribution in [3.8, 4) is 5.75 Å². The SMILES string of the molecule is Cc1cc(Cl)ncc1OC[C@](C)(CC(C)C)OC(N)=O. The average Bonchev–Trinajstić information content (AvgIpc) is 2.25. The smallest absolute Gasteiger partial charge is 0.405 e. The van der Waals surface area contributed by atoms with Crippen LogP contribution in [0.25, 0.3) is 0 Å². The second kappa shape index (κ2) is 6.79. The molecule has 5 nitrogen and oxygen atoms in total. The van der Waals surface area contributed by atoms with E-state index in [1.54, 1.807) is 19.2 Å². The van der Waals surface area contributed by atoms with Crippen molar-refractivity contribution in [1.29, 1.82) is 0 Å². The lowest BCUT2D eigenvalue weighted by Crippen LogP contribution is -2.41. The summed E-state index contributed by atoms with van der Waals surface area (Å²) < 4.78 is 10.9. The number of carbonyl (C=O) groups is 1. The maximum Gasteiger partial charge on any atom is 0.405 e. The second-order valence-corrected chi connectivity index (χ2v) is 5.92. The van der Waals surface area contributed by atoms with E-state index in [4.69, 9.17) is 26.8 Å². The summed E-state index contributed by atoms with van der Waals surface area (Å²) in [4.78, 5) is 15.0. The molecule has 1 atom stereocenters. The molecule has 2 N–H and O–H groups in total. The molecule has 0 aliphatic rings. The predicted octanol–water partition coefficient (Wildman–Crippen LogP) is 3.32. The number of hydrogen-bond donors (Lipinski definition) is 1. The summed E-state index contributed by atoms with van der Waals surface area (Å²) in [5.74, 6) is 0.949. The molecular formula is C14H21ClN2O3. The number of nitrogens with two attached hydrogens (primary N) is 1. The third kappa shape index (κ3) is 5.25. The van der Waals surface area contributed by atoms with E-state index < -0.39 is 11.7 Å². The molecule has 112 valence electrons. The molecule has 1 rings (SSSR count). The highest BCUT2D eigenvalue weighted by atomic mass is 35.5. The van der Waals surface area contributed by atoms with Crippen LogP contribution in [0, 0.1) is 12.8 Å². The second-order valence-electron chi connectivity index (χ2n) is 5.53. The molecule has 0 aliphatic heterocycles. The Balaban J connectivity index is 2.77. The van der Waals surface area contributed by atoms with E-state index in [2.05, 4.69) is 4.98 Å². The minimum absolute atomic E-state index is 0.207. The van der Waals surface area contributed by atoms with E-state index in [1.165, 1.54) is 0 Å². The van der Waals surface area contributed by atoms with Gasteiger partial charge in [-0.15, -0.1) is 0 Å². The van der Waals surface area contributed by atoms with E-state index in [9.17, 15) is 4.79 Å². The molecule has 1 heterocycles. The molecule has 0 spiro atoms. The lowest BCUT2D eigenvalue weighted by atomic mass is 9.95. The van der Waals surface area contributed by atoms with Crippen molar-refractivity contribution in [2.75, 3.05) is 6.61 Å². The highest BCUT2D eigenvalue weighted by Gasteiger charge is 2.30. The normalized spacial score (nSPS) is 13.9. The zero-order chi connectivity index (χ0) is 15.3. The van der Waals surface area contributed by atoms with Crippen LogP contribution in [0.15, 0.2) is 12.3 Å². The Morgan fingerprint density at radius 3 is 2.70 bits per heavy atom. The minimum atomic E-state index is -0.803. The van der Waals surface area contributed by atoms with Gasteiger partial charge in [0.15, 0.2) is 0 Å². The molecule has 1 aromatic rings. The van der Waals surface area contributed by atoms with Gasteiger partial charge >= 0.3 is 6.09 Å². The van der Waals surface area contributed by atoms with Gasteiger partial charge in [-0.2, -0.15) is 0 Å². The molecule has 0 fully saturated rings. The average molecular weight is 301 g/mol. The predicted molar refractivity (Wildman–Crippen MR) is 78.0 cm³/mol.